The summed E-state index contributed by atoms with van der Waals surface area (Å²) in [7, 11) is 0. The molecule has 0 saturated carbocycles. The third-order valence-electron chi connectivity index (χ3n) is 3.18. The van der Waals surface area contributed by atoms with Gasteiger partial charge < -0.3 is 14.6 Å². The van der Waals surface area contributed by atoms with Crippen LogP contribution in [0.25, 0.3) is 6.08 Å². The first kappa shape index (κ1) is 16.1. The lowest BCUT2D eigenvalue weighted by Crippen LogP contribution is -2.18. The van der Waals surface area contributed by atoms with E-state index in [1.54, 1.807) is 12.1 Å². The largest absolute Gasteiger partial charge is 0.489 e. The van der Waals surface area contributed by atoms with Crippen LogP contribution in [0.3, 0.4) is 0 Å². The standard InChI is InChI=1S/C15H16Cl2O4/c1-9-2-4-12(21-9)8-20-15-10(3-5-14(18)19)6-11(16)7-13(15)17/h3,5-7,9,12H,2,4,8H2,1H3,(H,18,19)/b5-3+. The van der Waals surface area contributed by atoms with Gasteiger partial charge in [-0.15, -0.1) is 0 Å². The Balaban J connectivity index is 2.14. The van der Waals surface area contributed by atoms with Crippen molar-refractivity contribution in [1.29, 1.82) is 0 Å². The molecule has 21 heavy (non-hydrogen) atoms. The SMILES string of the molecule is CC1CCC(COc2c(Cl)cc(Cl)cc2/C=C/C(=O)O)O1. The zero-order valence-corrected chi connectivity index (χ0v) is 13.0. The molecule has 2 rings (SSSR count). The molecule has 114 valence electrons. The molecule has 1 heterocycles. The molecule has 1 aromatic rings. The van der Waals surface area contributed by atoms with Crippen LogP contribution in [-0.4, -0.2) is 29.9 Å². The molecule has 0 amide bonds. The van der Waals surface area contributed by atoms with Crippen LogP contribution in [0.5, 0.6) is 5.75 Å². The lowest BCUT2D eigenvalue weighted by atomic mass is 10.1. The van der Waals surface area contributed by atoms with Crippen LogP contribution >= 0.6 is 23.2 Å². The van der Waals surface area contributed by atoms with Crippen molar-refractivity contribution in [2.75, 3.05) is 6.61 Å². The molecule has 0 bridgehead atoms. The van der Waals surface area contributed by atoms with Crippen molar-refractivity contribution in [2.24, 2.45) is 0 Å². The van der Waals surface area contributed by atoms with E-state index in [1.807, 2.05) is 6.92 Å². The minimum Gasteiger partial charge on any atom is -0.489 e. The zero-order chi connectivity index (χ0) is 15.4. The van der Waals surface area contributed by atoms with E-state index in [4.69, 9.17) is 37.8 Å². The second-order valence-corrected chi connectivity index (χ2v) is 5.78. The molecule has 1 aliphatic rings. The van der Waals surface area contributed by atoms with Crippen molar-refractivity contribution in [3.05, 3.63) is 33.8 Å². The quantitative estimate of drug-likeness (QED) is 0.828. The summed E-state index contributed by atoms with van der Waals surface area (Å²) in [5.41, 5.74) is 0.529. The number of rotatable bonds is 5. The molecule has 1 aromatic carbocycles. The molecule has 0 aliphatic carbocycles. The topological polar surface area (TPSA) is 55.8 Å². The van der Waals surface area contributed by atoms with Crippen molar-refractivity contribution >= 4 is 35.2 Å². The highest BCUT2D eigenvalue weighted by atomic mass is 35.5. The summed E-state index contributed by atoms with van der Waals surface area (Å²) in [6, 6.07) is 3.18. The van der Waals surface area contributed by atoms with E-state index in [-0.39, 0.29) is 12.2 Å². The average molecular weight is 331 g/mol. The number of carboxylic acid groups (broad SMARTS) is 1. The number of ether oxygens (including phenoxy) is 2. The molecule has 1 fully saturated rings. The third-order valence-corrected chi connectivity index (χ3v) is 3.68. The Morgan fingerprint density at radius 2 is 2.24 bits per heavy atom. The van der Waals surface area contributed by atoms with Crippen molar-refractivity contribution in [2.45, 2.75) is 32.0 Å². The smallest absolute Gasteiger partial charge is 0.328 e. The third kappa shape index (κ3) is 4.63. The molecule has 1 saturated heterocycles. The number of aliphatic carboxylic acids is 1. The van der Waals surface area contributed by atoms with Crippen LogP contribution in [0.15, 0.2) is 18.2 Å². The van der Waals surface area contributed by atoms with Crippen LogP contribution in [0, 0.1) is 0 Å². The second kappa shape index (κ2) is 7.16. The molecule has 1 aliphatic heterocycles. The highest BCUT2D eigenvalue weighted by Gasteiger charge is 2.23. The van der Waals surface area contributed by atoms with Gasteiger partial charge in [-0.3, -0.25) is 0 Å². The summed E-state index contributed by atoms with van der Waals surface area (Å²) in [6.07, 6.45) is 4.64. The molecular formula is C15H16Cl2O4. The van der Waals surface area contributed by atoms with Gasteiger partial charge in [0.25, 0.3) is 0 Å². The number of carbonyl (C=O) groups is 1. The second-order valence-electron chi connectivity index (χ2n) is 4.93. The Morgan fingerprint density at radius 1 is 1.48 bits per heavy atom. The maximum absolute atomic E-state index is 10.6. The molecule has 2 unspecified atom stereocenters. The van der Waals surface area contributed by atoms with Gasteiger partial charge in [-0.05, 0) is 38.0 Å². The van der Waals surface area contributed by atoms with Gasteiger partial charge in [-0.2, -0.15) is 0 Å². The summed E-state index contributed by atoms with van der Waals surface area (Å²) in [5.74, 6) is -0.633. The monoisotopic (exact) mass is 330 g/mol. The summed E-state index contributed by atoms with van der Waals surface area (Å²) < 4.78 is 11.4. The lowest BCUT2D eigenvalue weighted by molar-refractivity contribution is -0.131. The zero-order valence-electron chi connectivity index (χ0n) is 11.5. The van der Waals surface area contributed by atoms with Gasteiger partial charge in [0.2, 0.25) is 0 Å². The van der Waals surface area contributed by atoms with Crippen molar-refractivity contribution in [3.63, 3.8) is 0 Å². The van der Waals surface area contributed by atoms with Crippen LogP contribution in [-0.2, 0) is 9.53 Å². The van der Waals surface area contributed by atoms with E-state index >= 15 is 0 Å². The van der Waals surface area contributed by atoms with E-state index in [1.165, 1.54) is 6.08 Å². The highest BCUT2D eigenvalue weighted by Crippen LogP contribution is 2.34. The first-order chi connectivity index (χ1) is 9.95. The van der Waals surface area contributed by atoms with Crippen LogP contribution in [0.1, 0.15) is 25.3 Å². The van der Waals surface area contributed by atoms with Gasteiger partial charge in [-0.25, -0.2) is 4.79 Å². The Kier molecular flexibility index (Phi) is 5.51. The molecule has 1 N–H and O–H groups in total. The van der Waals surface area contributed by atoms with E-state index in [9.17, 15) is 4.79 Å². The lowest BCUT2D eigenvalue weighted by Gasteiger charge is -2.15. The van der Waals surface area contributed by atoms with Gasteiger partial charge in [0.1, 0.15) is 12.4 Å². The van der Waals surface area contributed by atoms with Gasteiger partial charge >= 0.3 is 5.97 Å². The summed E-state index contributed by atoms with van der Waals surface area (Å²) >= 11 is 12.1. The normalized spacial score (nSPS) is 21.9. The number of benzene rings is 1. The van der Waals surface area contributed by atoms with E-state index < -0.39 is 5.97 Å². The molecule has 6 heteroatoms. The van der Waals surface area contributed by atoms with Crippen LogP contribution in [0.2, 0.25) is 10.0 Å². The molecule has 0 aromatic heterocycles. The summed E-state index contributed by atoms with van der Waals surface area (Å²) in [4.78, 5) is 10.6. The summed E-state index contributed by atoms with van der Waals surface area (Å²) in [5, 5.41) is 9.49. The van der Waals surface area contributed by atoms with Crippen molar-refractivity contribution in [3.8, 4) is 5.75 Å². The molecule has 2 atom stereocenters. The summed E-state index contributed by atoms with van der Waals surface area (Å²) in [6.45, 7) is 2.40. The number of carboxylic acids is 1. The fourth-order valence-electron chi connectivity index (χ4n) is 2.20. The number of halogens is 2. The predicted molar refractivity (Wildman–Crippen MR) is 82.2 cm³/mol. The first-order valence-electron chi connectivity index (χ1n) is 6.64. The van der Waals surface area contributed by atoms with E-state index in [2.05, 4.69) is 0 Å². The highest BCUT2D eigenvalue weighted by molar-refractivity contribution is 6.35. The van der Waals surface area contributed by atoms with Crippen molar-refractivity contribution in [1.82, 2.24) is 0 Å². The average Bonchev–Trinajstić information content (AvgIpc) is 2.80. The predicted octanol–water partition coefficient (Wildman–Crippen LogP) is 4.04. The Bertz CT molecular complexity index is 557. The first-order valence-corrected chi connectivity index (χ1v) is 7.39. The van der Waals surface area contributed by atoms with Gasteiger partial charge in [0, 0.05) is 16.7 Å². The Labute approximate surface area is 133 Å². The molecule has 0 radical (unpaired) electrons. The molecule has 0 spiro atoms. The van der Waals surface area contributed by atoms with Gasteiger partial charge in [0.05, 0.1) is 17.2 Å². The fourth-order valence-corrected chi connectivity index (χ4v) is 2.77. The van der Waals surface area contributed by atoms with Crippen LogP contribution in [0.4, 0.5) is 0 Å². The Morgan fingerprint density at radius 3 is 2.86 bits per heavy atom. The fraction of sp³-hybridized carbons (Fsp3) is 0.400. The van der Waals surface area contributed by atoms with Gasteiger partial charge in [-0.1, -0.05) is 23.2 Å². The number of hydrogen-bond donors (Lipinski definition) is 1. The van der Waals surface area contributed by atoms with E-state index in [0.29, 0.717) is 28.0 Å². The molecule has 4 nitrogen and oxygen atoms in total. The maximum atomic E-state index is 10.6. The van der Waals surface area contributed by atoms with E-state index in [0.717, 1.165) is 18.9 Å². The van der Waals surface area contributed by atoms with Crippen molar-refractivity contribution < 1.29 is 19.4 Å². The minimum atomic E-state index is -1.05. The minimum absolute atomic E-state index is 0.0306. The maximum Gasteiger partial charge on any atom is 0.328 e. The Hall–Kier alpha value is -1.23. The molecular weight excluding hydrogens is 315 g/mol. The van der Waals surface area contributed by atoms with Gasteiger partial charge in [0.15, 0.2) is 0 Å². The number of hydrogen-bond acceptors (Lipinski definition) is 3. The van der Waals surface area contributed by atoms with Crippen LogP contribution < -0.4 is 4.74 Å².